The van der Waals surface area contributed by atoms with E-state index in [2.05, 4.69) is 10.2 Å². The number of fused-ring (bicyclic) bond motifs is 1. The molecule has 2 heterocycles. The fourth-order valence-corrected chi connectivity index (χ4v) is 3.17. The third kappa shape index (κ3) is 4.17. The first kappa shape index (κ1) is 17.4. The number of aromatic nitrogens is 2. The van der Waals surface area contributed by atoms with E-state index in [1.165, 1.54) is 0 Å². The van der Waals surface area contributed by atoms with E-state index in [1.54, 1.807) is 0 Å². The Labute approximate surface area is 147 Å². The maximum Gasteiger partial charge on any atom is 0.231 e. The van der Waals surface area contributed by atoms with Gasteiger partial charge in [0.25, 0.3) is 0 Å². The number of hydrogen-bond donors (Lipinski definition) is 2. The Morgan fingerprint density at radius 2 is 2.12 bits per heavy atom. The number of nitrogens with two attached hydrogens (primary N) is 1. The molecule has 1 aromatic carbocycles. The molecule has 7 nitrogen and oxygen atoms in total. The van der Waals surface area contributed by atoms with E-state index in [9.17, 15) is 4.79 Å². The summed E-state index contributed by atoms with van der Waals surface area (Å²) in [6, 6.07) is 6.25. The van der Waals surface area contributed by atoms with Crippen LogP contribution < -0.4 is 20.7 Å². The molecule has 2 aromatic rings. The lowest BCUT2D eigenvalue weighted by atomic mass is 10.1. The zero-order chi connectivity index (χ0) is 17.8. The van der Waals surface area contributed by atoms with Gasteiger partial charge < -0.3 is 20.7 Å². The molecule has 0 spiro atoms. The van der Waals surface area contributed by atoms with Crippen LogP contribution in [0.25, 0.3) is 10.9 Å². The van der Waals surface area contributed by atoms with Gasteiger partial charge in [0.05, 0.1) is 24.4 Å². The summed E-state index contributed by atoms with van der Waals surface area (Å²) in [6.45, 7) is 6.57. The molecule has 0 bridgehead atoms. The van der Waals surface area contributed by atoms with Gasteiger partial charge in [-0.15, -0.1) is 0 Å². The molecule has 1 aromatic heterocycles. The summed E-state index contributed by atoms with van der Waals surface area (Å²) in [4.78, 5) is 22.5. The predicted octanol–water partition coefficient (Wildman–Crippen LogP) is 1.38. The number of amides is 1. The van der Waals surface area contributed by atoms with Crippen LogP contribution in [0.3, 0.4) is 0 Å². The number of carbonyl (C=O) groups excluding carboxylic acids is 1. The van der Waals surface area contributed by atoms with E-state index in [-0.39, 0.29) is 12.5 Å². The van der Waals surface area contributed by atoms with Crippen LogP contribution in [0.15, 0.2) is 18.2 Å². The van der Waals surface area contributed by atoms with E-state index in [0.29, 0.717) is 12.6 Å². The molecule has 3 N–H and O–H groups in total. The maximum absolute atomic E-state index is 10.9. The summed E-state index contributed by atoms with van der Waals surface area (Å²) < 4.78 is 5.56. The largest absolute Gasteiger partial charge is 0.494 e. The molecule has 1 saturated heterocycles. The van der Waals surface area contributed by atoms with Crippen molar-refractivity contribution in [3.8, 4) is 5.75 Å². The second-order valence-electron chi connectivity index (χ2n) is 6.33. The van der Waals surface area contributed by atoms with E-state index < -0.39 is 0 Å². The summed E-state index contributed by atoms with van der Waals surface area (Å²) in [7, 11) is 0. The van der Waals surface area contributed by atoms with Gasteiger partial charge in [0.15, 0.2) is 0 Å². The summed E-state index contributed by atoms with van der Waals surface area (Å²) in [5.41, 5.74) is 7.07. The minimum atomic E-state index is -0.317. The summed E-state index contributed by atoms with van der Waals surface area (Å²) in [5.74, 6) is 1.29. The van der Waals surface area contributed by atoms with Crippen molar-refractivity contribution in [3.63, 3.8) is 0 Å². The topological polar surface area (TPSA) is 93.4 Å². The Hall–Kier alpha value is -2.41. The highest BCUT2D eigenvalue weighted by Crippen LogP contribution is 2.25. The van der Waals surface area contributed by atoms with Crippen LogP contribution in [0.4, 0.5) is 5.95 Å². The summed E-state index contributed by atoms with van der Waals surface area (Å²) in [5, 5.41) is 4.22. The van der Waals surface area contributed by atoms with Gasteiger partial charge in [-0.2, -0.15) is 0 Å². The first-order chi connectivity index (χ1) is 12.1. The molecule has 25 heavy (non-hydrogen) atoms. The lowest BCUT2D eigenvalue weighted by molar-refractivity contribution is -0.117. The highest BCUT2D eigenvalue weighted by Gasteiger charge is 2.21. The minimum absolute atomic E-state index is 0.235. The molecule has 1 amide bonds. The molecule has 0 radical (unpaired) electrons. The Bertz CT molecular complexity index is 756. The molecule has 3 rings (SSSR count). The molecular formula is C18H25N5O2. The molecule has 1 aliphatic heterocycles. The quantitative estimate of drug-likeness (QED) is 0.823. The van der Waals surface area contributed by atoms with Crippen molar-refractivity contribution >= 4 is 22.8 Å². The SMILES string of the molecule is CCOc1ccc2nc(N3CCC(NCC(N)=O)CC3)nc(C)c2c1. The van der Waals surface area contributed by atoms with Crippen molar-refractivity contribution in [2.24, 2.45) is 5.73 Å². The lowest BCUT2D eigenvalue weighted by Gasteiger charge is -2.32. The average molecular weight is 343 g/mol. The Morgan fingerprint density at radius 1 is 1.36 bits per heavy atom. The molecule has 0 saturated carbocycles. The van der Waals surface area contributed by atoms with Gasteiger partial charge >= 0.3 is 0 Å². The van der Waals surface area contributed by atoms with E-state index in [4.69, 9.17) is 20.4 Å². The monoisotopic (exact) mass is 343 g/mol. The van der Waals surface area contributed by atoms with Crippen molar-refractivity contribution in [2.75, 3.05) is 31.1 Å². The second kappa shape index (κ2) is 7.65. The molecule has 0 unspecified atom stereocenters. The van der Waals surface area contributed by atoms with Crippen LogP contribution in [0, 0.1) is 6.92 Å². The summed E-state index contributed by atoms with van der Waals surface area (Å²) >= 11 is 0. The number of carbonyl (C=O) groups is 1. The standard InChI is InChI=1S/C18H25N5O2/c1-3-25-14-4-5-16-15(10-14)12(2)21-18(22-16)23-8-6-13(7-9-23)20-11-17(19)24/h4-5,10,13,20H,3,6-9,11H2,1-2H3,(H2,19,24). The van der Waals surface area contributed by atoms with Gasteiger partial charge in [0, 0.05) is 24.5 Å². The summed E-state index contributed by atoms with van der Waals surface area (Å²) in [6.07, 6.45) is 1.88. The number of benzene rings is 1. The molecule has 0 atom stereocenters. The van der Waals surface area contributed by atoms with Crippen LogP contribution in [-0.2, 0) is 4.79 Å². The Morgan fingerprint density at radius 3 is 2.80 bits per heavy atom. The average Bonchev–Trinajstić information content (AvgIpc) is 2.61. The fraction of sp³-hybridized carbons (Fsp3) is 0.500. The molecule has 7 heteroatoms. The van der Waals surface area contributed by atoms with Crippen molar-refractivity contribution in [1.82, 2.24) is 15.3 Å². The molecule has 1 aliphatic rings. The maximum atomic E-state index is 10.9. The van der Waals surface area contributed by atoms with Gasteiger partial charge in [-0.05, 0) is 44.9 Å². The smallest absolute Gasteiger partial charge is 0.231 e. The van der Waals surface area contributed by atoms with Crippen LogP contribution in [0.5, 0.6) is 5.75 Å². The van der Waals surface area contributed by atoms with Crippen LogP contribution in [0.2, 0.25) is 0 Å². The van der Waals surface area contributed by atoms with Gasteiger partial charge in [-0.3, -0.25) is 4.79 Å². The van der Waals surface area contributed by atoms with Crippen LogP contribution in [-0.4, -0.2) is 48.2 Å². The highest BCUT2D eigenvalue weighted by atomic mass is 16.5. The first-order valence-electron chi connectivity index (χ1n) is 8.74. The molecule has 1 fully saturated rings. The van der Waals surface area contributed by atoms with E-state index in [0.717, 1.165) is 54.2 Å². The normalized spacial score (nSPS) is 15.5. The van der Waals surface area contributed by atoms with Crippen molar-refractivity contribution in [2.45, 2.75) is 32.7 Å². The van der Waals surface area contributed by atoms with Gasteiger partial charge in [0.2, 0.25) is 11.9 Å². The minimum Gasteiger partial charge on any atom is -0.494 e. The zero-order valence-electron chi connectivity index (χ0n) is 14.8. The third-order valence-electron chi connectivity index (χ3n) is 4.50. The molecular weight excluding hydrogens is 318 g/mol. The number of nitrogens with zero attached hydrogens (tertiary/aromatic N) is 3. The van der Waals surface area contributed by atoms with Crippen LogP contribution in [0.1, 0.15) is 25.5 Å². The van der Waals surface area contributed by atoms with Crippen molar-refractivity contribution in [1.29, 1.82) is 0 Å². The zero-order valence-corrected chi connectivity index (χ0v) is 14.8. The highest BCUT2D eigenvalue weighted by molar-refractivity contribution is 5.83. The van der Waals surface area contributed by atoms with Gasteiger partial charge in [-0.25, -0.2) is 9.97 Å². The van der Waals surface area contributed by atoms with Crippen LogP contribution >= 0.6 is 0 Å². The Balaban J connectivity index is 1.72. The number of rotatable bonds is 6. The van der Waals surface area contributed by atoms with Crippen molar-refractivity contribution < 1.29 is 9.53 Å². The van der Waals surface area contributed by atoms with E-state index >= 15 is 0 Å². The van der Waals surface area contributed by atoms with Gasteiger partial charge in [-0.1, -0.05) is 0 Å². The first-order valence-corrected chi connectivity index (χ1v) is 8.74. The number of ether oxygens (including phenoxy) is 1. The number of primary amides is 1. The predicted molar refractivity (Wildman–Crippen MR) is 97.9 cm³/mol. The lowest BCUT2D eigenvalue weighted by Crippen LogP contribution is -2.45. The number of anilines is 1. The van der Waals surface area contributed by atoms with E-state index in [1.807, 2.05) is 32.0 Å². The number of nitrogens with one attached hydrogen (secondary N) is 1. The van der Waals surface area contributed by atoms with Gasteiger partial charge in [0.1, 0.15) is 5.75 Å². The molecule has 134 valence electrons. The number of piperidine rings is 1. The Kier molecular flexibility index (Phi) is 5.33. The fourth-order valence-electron chi connectivity index (χ4n) is 3.17. The van der Waals surface area contributed by atoms with Crippen molar-refractivity contribution in [3.05, 3.63) is 23.9 Å². The number of hydrogen-bond acceptors (Lipinski definition) is 6. The molecule has 0 aliphatic carbocycles. The third-order valence-corrected chi connectivity index (χ3v) is 4.50. The second-order valence-corrected chi connectivity index (χ2v) is 6.33. The number of aryl methyl sites for hydroxylation is 1.